The number of halogens is 1. The van der Waals surface area contributed by atoms with Crippen LogP contribution in [0.25, 0.3) is 0 Å². The molecule has 29 heavy (non-hydrogen) atoms. The molecule has 1 saturated carbocycles. The topological polar surface area (TPSA) is 48.9 Å². The molecule has 1 aromatic rings. The molecule has 1 aliphatic heterocycles. The molecule has 2 N–H and O–H groups in total. The van der Waals surface area contributed by atoms with Gasteiger partial charge in [0.2, 0.25) is 0 Å². The fourth-order valence-corrected chi connectivity index (χ4v) is 4.83. The molecule has 0 unspecified atom stereocenters. The Balaban J connectivity index is 0.00000300. The van der Waals surface area contributed by atoms with E-state index in [0.29, 0.717) is 12.0 Å². The highest BCUT2D eigenvalue weighted by Gasteiger charge is 2.36. The molecule has 5 nitrogen and oxygen atoms in total. The maximum atomic E-state index is 5.31. The van der Waals surface area contributed by atoms with E-state index in [-0.39, 0.29) is 24.0 Å². The van der Waals surface area contributed by atoms with E-state index in [1.54, 1.807) is 7.11 Å². The molecule has 0 aromatic heterocycles. The summed E-state index contributed by atoms with van der Waals surface area (Å²) < 4.78 is 5.31. The van der Waals surface area contributed by atoms with Crippen LogP contribution in [-0.2, 0) is 11.3 Å². The van der Waals surface area contributed by atoms with Crippen molar-refractivity contribution in [2.75, 3.05) is 56.3 Å². The molecule has 1 aromatic carbocycles. The number of aliphatic imine (C=N–C) groups is 1. The fraction of sp³-hybridized carbons (Fsp3) is 0.682. The summed E-state index contributed by atoms with van der Waals surface area (Å²) in [6.07, 6.45) is 5.05. The van der Waals surface area contributed by atoms with Crippen LogP contribution >= 0.6 is 35.7 Å². The smallest absolute Gasteiger partial charge is 0.191 e. The Labute approximate surface area is 197 Å². The number of benzene rings is 1. The summed E-state index contributed by atoms with van der Waals surface area (Å²) in [6, 6.07) is 8.93. The van der Waals surface area contributed by atoms with Crippen LogP contribution in [0.15, 0.2) is 29.3 Å². The van der Waals surface area contributed by atoms with Crippen molar-refractivity contribution in [1.29, 1.82) is 0 Å². The highest BCUT2D eigenvalue weighted by atomic mass is 127. The first-order chi connectivity index (χ1) is 13.7. The van der Waals surface area contributed by atoms with E-state index >= 15 is 0 Å². The predicted molar refractivity (Wildman–Crippen MR) is 137 cm³/mol. The second kappa shape index (κ2) is 12.9. The molecule has 0 spiro atoms. The lowest BCUT2D eigenvalue weighted by atomic mass is 9.67. The Morgan fingerprint density at radius 2 is 1.90 bits per heavy atom. The zero-order chi connectivity index (χ0) is 19.7. The highest BCUT2D eigenvalue weighted by Crippen LogP contribution is 2.43. The third kappa shape index (κ3) is 7.51. The minimum absolute atomic E-state index is 0. The number of nitrogens with one attached hydrogen (secondary N) is 2. The second-order valence-electron chi connectivity index (χ2n) is 7.91. The number of hydrogen-bond donors (Lipinski definition) is 2. The molecule has 0 atom stereocenters. The molecule has 3 rings (SSSR count). The van der Waals surface area contributed by atoms with Crippen LogP contribution in [0.3, 0.4) is 0 Å². The Hall–Kier alpha value is -0.670. The number of guanidine groups is 1. The van der Waals surface area contributed by atoms with Gasteiger partial charge in [-0.3, -0.25) is 0 Å². The fourth-order valence-electron chi connectivity index (χ4n) is 3.93. The Morgan fingerprint density at radius 3 is 2.48 bits per heavy atom. The number of nitrogens with zero attached hydrogens (tertiary/aromatic N) is 2. The van der Waals surface area contributed by atoms with E-state index < -0.39 is 0 Å². The van der Waals surface area contributed by atoms with Crippen molar-refractivity contribution < 1.29 is 4.74 Å². The summed E-state index contributed by atoms with van der Waals surface area (Å²) in [6.45, 7) is 7.83. The van der Waals surface area contributed by atoms with Crippen molar-refractivity contribution in [3.05, 3.63) is 29.8 Å². The molecule has 7 heteroatoms. The first-order valence-electron chi connectivity index (χ1n) is 10.7. The molecule has 1 saturated heterocycles. The largest absolute Gasteiger partial charge is 0.385 e. The van der Waals surface area contributed by atoms with Crippen LogP contribution in [0.1, 0.15) is 38.2 Å². The Bertz CT molecular complexity index is 616. The molecular formula is C22H37IN4OS. The summed E-state index contributed by atoms with van der Waals surface area (Å²) >= 11 is 2.05. The molecule has 1 aliphatic carbocycles. The van der Waals surface area contributed by atoms with Crippen LogP contribution in [-0.4, -0.2) is 57.4 Å². The van der Waals surface area contributed by atoms with Crippen LogP contribution < -0.4 is 15.5 Å². The number of anilines is 1. The molecular weight excluding hydrogens is 495 g/mol. The zero-order valence-electron chi connectivity index (χ0n) is 17.9. The van der Waals surface area contributed by atoms with Gasteiger partial charge < -0.3 is 20.3 Å². The van der Waals surface area contributed by atoms with Gasteiger partial charge >= 0.3 is 0 Å². The van der Waals surface area contributed by atoms with Crippen LogP contribution in [0.5, 0.6) is 0 Å². The molecule has 1 heterocycles. The monoisotopic (exact) mass is 532 g/mol. The van der Waals surface area contributed by atoms with Crippen molar-refractivity contribution in [1.82, 2.24) is 10.6 Å². The van der Waals surface area contributed by atoms with Crippen molar-refractivity contribution in [2.45, 2.75) is 39.2 Å². The van der Waals surface area contributed by atoms with E-state index in [1.165, 1.54) is 42.0 Å². The Kier molecular flexibility index (Phi) is 10.9. The molecule has 0 amide bonds. The van der Waals surface area contributed by atoms with E-state index in [2.05, 4.69) is 46.7 Å². The van der Waals surface area contributed by atoms with Gasteiger partial charge in [0.05, 0.1) is 6.54 Å². The molecule has 2 fully saturated rings. The van der Waals surface area contributed by atoms with Crippen LogP contribution in [0, 0.1) is 5.41 Å². The van der Waals surface area contributed by atoms with Gasteiger partial charge in [-0.15, -0.1) is 24.0 Å². The molecule has 0 radical (unpaired) electrons. The molecule has 164 valence electrons. The number of ether oxygens (including phenoxy) is 1. The molecule has 0 bridgehead atoms. The number of thioether (sulfide) groups is 1. The number of methoxy groups -OCH3 is 1. The van der Waals surface area contributed by atoms with E-state index in [0.717, 1.165) is 45.2 Å². The van der Waals surface area contributed by atoms with Crippen molar-refractivity contribution in [3.63, 3.8) is 0 Å². The Morgan fingerprint density at radius 1 is 1.17 bits per heavy atom. The number of hydrogen-bond acceptors (Lipinski definition) is 4. The van der Waals surface area contributed by atoms with E-state index in [9.17, 15) is 0 Å². The van der Waals surface area contributed by atoms with Crippen molar-refractivity contribution >= 4 is 47.4 Å². The van der Waals surface area contributed by atoms with Gasteiger partial charge in [0, 0.05) is 57.1 Å². The predicted octanol–water partition coefficient (Wildman–Crippen LogP) is 4.12. The average Bonchev–Trinajstić information content (AvgIpc) is 2.72. The third-order valence-corrected chi connectivity index (χ3v) is 6.90. The standard InChI is InChI=1S/C22H36N4OS.HI/c1-3-23-21(25-18-22(9-4-10-22)11-14-27-2)24-17-19-5-7-20(8-6-19)26-12-15-28-16-13-26;/h5-8H,3-4,9-18H2,1-2H3,(H2,23,24,25);1H. The first kappa shape index (κ1) is 24.6. The second-order valence-corrected chi connectivity index (χ2v) is 9.14. The summed E-state index contributed by atoms with van der Waals surface area (Å²) in [5, 5.41) is 6.97. The van der Waals surface area contributed by atoms with Gasteiger partial charge in [0.25, 0.3) is 0 Å². The van der Waals surface area contributed by atoms with E-state index in [4.69, 9.17) is 9.73 Å². The minimum atomic E-state index is 0. The van der Waals surface area contributed by atoms with Gasteiger partial charge in [0.1, 0.15) is 0 Å². The quantitative estimate of drug-likeness (QED) is 0.285. The van der Waals surface area contributed by atoms with Crippen LogP contribution in [0.2, 0.25) is 0 Å². The van der Waals surface area contributed by atoms with Gasteiger partial charge in [-0.25, -0.2) is 4.99 Å². The lowest BCUT2D eigenvalue weighted by molar-refractivity contribution is 0.0732. The first-order valence-corrected chi connectivity index (χ1v) is 11.8. The minimum Gasteiger partial charge on any atom is -0.385 e. The summed E-state index contributed by atoms with van der Waals surface area (Å²) in [4.78, 5) is 7.29. The lowest BCUT2D eigenvalue weighted by Gasteiger charge is -2.42. The van der Waals surface area contributed by atoms with Gasteiger partial charge in [-0.1, -0.05) is 18.6 Å². The lowest BCUT2D eigenvalue weighted by Crippen LogP contribution is -2.46. The van der Waals surface area contributed by atoms with Crippen molar-refractivity contribution in [2.24, 2.45) is 10.4 Å². The highest BCUT2D eigenvalue weighted by molar-refractivity contribution is 14.0. The van der Waals surface area contributed by atoms with E-state index in [1.807, 2.05) is 11.8 Å². The normalized spacial score (nSPS) is 18.6. The number of rotatable bonds is 9. The van der Waals surface area contributed by atoms with Gasteiger partial charge in [0.15, 0.2) is 5.96 Å². The SMILES string of the molecule is CCNC(=NCc1ccc(N2CCSCC2)cc1)NCC1(CCOC)CCC1.I. The van der Waals surface area contributed by atoms with Gasteiger partial charge in [-0.2, -0.15) is 11.8 Å². The molecule has 2 aliphatic rings. The summed E-state index contributed by atoms with van der Waals surface area (Å²) in [7, 11) is 1.79. The third-order valence-electron chi connectivity index (χ3n) is 5.96. The maximum absolute atomic E-state index is 5.31. The summed E-state index contributed by atoms with van der Waals surface area (Å²) in [5.41, 5.74) is 2.98. The summed E-state index contributed by atoms with van der Waals surface area (Å²) in [5.74, 6) is 3.38. The zero-order valence-corrected chi connectivity index (χ0v) is 21.1. The van der Waals surface area contributed by atoms with Gasteiger partial charge in [-0.05, 0) is 49.3 Å². The maximum Gasteiger partial charge on any atom is 0.191 e. The van der Waals surface area contributed by atoms with Crippen molar-refractivity contribution in [3.8, 4) is 0 Å². The average molecular weight is 533 g/mol. The van der Waals surface area contributed by atoms with Crippen LogP contribution in [0.4, 0.5) is 5.69 Å².